The quantitative estimate of drug-likeness (QED) is 0.0673. The van der Waals surface area contributed by atoms with Crippen molar-refractivity contribution in [3.05, 3.63) is 78.4 Å². The molecule has 0 bridgehead atoms. The lowest BCUT2D eigenvalue weighted by Crippen LogP contribution is -2.29. The molecule has 0 aliphatic heterocycles. The standard InChI is InChI=1S/C36H49Cl3Si/c1-2-3-4-5-6-7-8-9-10-11-12-13-14-15-16-17-18-31-19-21-32(22-20-31)33-23-25-34(26-24-33)35-27-29-36(30-28-35)40(37,38)39/h19-30H,2-18H2,1H3. The summed E-state index contributed by atoms with van der Waals surface area (Å²) in [6.45, 7) is 2.29. The minimum absolute atomic E-state index is 0.817. The summed E-state index contributed by atoms with van der Waals surface area (Å²) in [5, 5.41) is 0.817. The number of unbranched alkanes of at least 4 members (excludes halogenated alkanes) is 15. The van der Waals surface area contributed by atoms with E-state index in [-0.39, 0.29) is 0 Å². The lowest BCUT2D eigenvalue weighted by molar-refractivity contribution is 0.529. The number of benzene rings is 3. The van der Waals surface area contributed by atoms with Crippen molar-refractivity contribution in [1.82, 2.24) is 0 Å². The molecule has 0 N–H and O–H groups in total. The molecule has 0 heterocycles. The van der Waals surface area contributed by atoms with Crippen molar-refractivity contribution in [3.63, 3.8) is 0 Å². The second-order valence-electron chi connectivity index (χ2n) is 11.4. The van der Waals surface area contributed by atoms with Crippen LogP contribution < -0.4 is 5.19 Å². The number of hydrogen-bond acceptors (Lipinski definition) is 0. The first-order valence-electron chi connectivity index (χ1n) is 15.8. The summed E-state index contributed by atoms with van der Waals surface area (Å²) in [7, 11) is 0. The molecule has 40 heavy (non-hydrogen) atoms. The molecule has 0 atom stereocenters. The van der Waals surface area contributed by atoms with Gasteiger partial charge in [0.25, 0.3) is 0 Å². The Balaban J connectivity index is 1.25. The lowest BCUT2D eigenvalue weighted by Gasteiger charge is -2.10. The van der Waals surface area contributed by atoms with E-state index in [2.05, 4.69) is 55.5 Å². The van der Waals surface area contributed by atoms with Gasteiger partial charge < -0.3 is 0 Å². The molecule has 0 spiro atoms. The monoisotopic (exact) mass is 614 g/mol. The second kappa shape index (κ2) is 19.0. The molecule has 3 aromatic rings. The van der Waals surface area contributed by atoms with Gasteiger partial charge in [-0.05, 0) is 45.8 Å². The summed E-state index contributed by atoms with van der Waals surface area (Å²) in [5.74, 6) is 0. The molecular weight excluding hydrogens is 567 g/mol. The van der Waals surface area contributed by atoms with Crippen LogP contribution in [0.15, 0.2) is 72.8 Å². The fourth-order valence-corrected chi connectivity index (χ4v) is 7.13. The molecule has 3 aromatic carbocycles. The summed E-state index contributed by atoms with van der Waals surface area (Å²) in [5.41, 5.74) is 6.25. The molecule has 0 saturated carbocycles. The van der Waals surface area contributed by atoms with Crippen molar-refractivity contribution in [2.24, 2.45) is 0 Å². The maximum atomic E-state index is 6.12. The summed E-state index contributed by atoms with van der Waals surface area (Å²) in [6.07, 6.45) is 23.9. The molecule has 3 rings (SSSR count). The van der Waals surface area contributed by atoms with Gasteiger partial charge in [0.15, 0.2) is 0 Å². The normalized spacial score (nSPS) is 11.7. The fourth-order valence-electron chi connectivity index (χ4n) is 5.45. The highest BCUT2D eigenvalue weighted by molar-refractivity contribution is 7.69. The third kappa shape index (κ3) is 12.7. The molecule has 218 valence electrons. The van der Waals surface area contributed by atoms with Crippen LogP contribution in [0.1, 0.15) is 115 Å². The van der Waals surface area contributed by atoms with Gasteiger partial charge in [0.05, 0.1) is 0 Å². The maximum Gasteiger partial charge on any atom is 0.372 e. The van der Waals surface area contributed by atoms with Crippen LogP contribution in [-0.4, -0.2) is 6.00 Å². The van der Waals surface area contributed by atoms with Crippen molar-refractivity contribution in [3.8, 4) is 22.3 Å². The van der Waals surface area contributed by atoms with E-state index >= 15 is 0 Å². The molecule has 0 nitrogen and oxygen atoms in total. The molecule has 0 amide bonds. The van der Waals surface area contributed by atoms with Crippen LogP contribution in [0.5, 0.6) is 0 Å². The van der Waals surface area contributed by atoms with Gasteiger partial charge >= 0.3 is 6.00 Å². The largest absolute Gasteiger partial charge is 0.372 e. The molecule has 0 fully saturated rings. The Morgan fingerprint density at radius 1 is 0.400 bits per heavy atom. The Morgan fingerprint density at radius 2 is 0.700 bits per heavy atom. The average Bonchev–Trinajstić information content (AvgIpc) is 2.97. The summed E-state index contributed by atoms with van der Waals surface area (Å²) >= 11 is 18.3. The molecule has 0 saturated heterocycles. The van der Waals surface area contributed by atoms with Crippen LogP contribution >= 0.6 is 33.2 Å². The first-order valence-corrected chi connectivity index (χ1v) is 20.9. The first kappa shape index (κ1) is 33.3. The summed E-state index contributed by atoms with van der Waals surface area (Å²) in [6, 6.07) is 22.9. The Labute approximate surface area is 260 Å². The predicted octanol–water partition coefficient (Wildman–Crippen LogP) is 12.7. The Morgan fingerprint density at radius 3 is 1.05 bits per heavy atom. The molecule has 0 unspecified atom stereocenters. The highest BCUT2D eigenvalue weighted by Gasteiger charge is 2.27. The minimum Gasteiger partial charge on any atom is -0.121 e. The van der Waals surface area contributed by atoms with Crippen molar-refractivity contribution >= 4 is 44.4 Å². The predicted molar refractivity (Wildman–Crippen MR) is 184 cm³/mol. The van der Waals surface area contributed by atoms with Gasteiger partial charge in [-0.3, -0.25) is 0 Å². The van der Waals surface area contributed by atoms with E-state index in [1.807, 2.05) is 24.3 Å². The topological polar surface area (TPSA) is 0 Å². The van der Waals surface area contributed by atoms with Crippen LogP contribution in [0, 0.1) is 0 Å². The molecule has 0 aliphatic carbocycles. The van der Waals surface area contributed by atoms with Gasteiger partial charge in [-0.25, -0.2) is 0 Å². The van der Waals surface area contributed by atoms with Crippen LogP contribution in [0.2, 0.25) is 0 Å². The van der Waals surface area contributed by atoms with Crippen LogP contribution in [-0.2, 0) is 6.42 Å². The molecule has 0 aromatic heterocycles. The Kier molecular flexibility index (Phi) is 15.8. The lowest BCUT2D eigenvalue weighted by atomic mass is 9.98. The van der Waals surface area contributed by atoms with E-state index in [1.54, 1.807) is 0 Å². The SMILES string of the molecule is CCCCCCCCCCCCCCCCCCc1ccc(-c2ccc(-c3ccc([Si](Cl)(Cl)Cl)cc3)cc2)cc1. The zero-order valence-electron chi connectivity index (χ0n) is 24.6. The second-order valence-corrected chi connectivity index (χ2v) is 19.8. The number of halogens is 3. The minimum atomic E-state index is -2.83. The van der Waals surface area contributed by atoms with Gasteiger partial charge in [0.2, 0.25) is 0 Å². The van der Waals surface area contributed by atoms with Gasteiger partial charge in [0.1, 0.15) is 0 Å². The van der Waals surface area contributed by atoms with Gasteiger partial charge in [-0.2, -0.15) is 0 Å². The van der Waals surface area contributed by atoms with E-state index in [0.29, 0.717) is 0 Å². The van der Waals surface area contributed by atoms with E-state index < -0.39 is 6.00 Å². The fraction of sp³-hybridized carbons (Fsp3) is 0.500. The Bertz CT molecular complexity index is 1050. The zero-order valence-corrected chi connectivity index (χ0v) is 27.9. The van der Waals surface area contributed by atoms with Gasteiger partial charge in [-0.1, -0.05) is 176 Å². The third-order valence-electron chi connectivity index (χ3n) is 8.04. The zero-order chi connectivity index (χ0) is 28.5. The number of rotatable bonds is 20. The van der Waals surface area contributed by atoms with Crippen molar-refractivity contribution in [2.75, 3.05) is 0 Å². The number of aryl methyl sites for hydroxylation is 1. The summed E-state index contributed by atoms with van der Waals surface area (Å²) in [4.78, 5) is 0. The molecule has 0 radical (unpaired) electrons. The van der Waals surface area contributed by atoms with E-state index in [0.717, 1.165) is 10.8 Å². The van der Waals surface area contributed by atoms with E-state index in [1.165, 1.54) is 131 Å². The van der Waals surface area contributed by atoms with E-state index in [9.17, 15) is 0 Å². The Hall–Kier alpha value is -1.25. The van der Waals surface area contributed by atoms with Crippen molar-refractivity contribution in [2.45, 2.75) is 116 Å². The number of hydrogen-bond donors (Lipinski definition) is 0. The van der Waals surface area contributed by atoms with Crippen LogP contribution in [0.3, 0.4) is 0 Å². The third-order valence-corrected chi connectivity index (χ3v) is 11.0. The smallest absolute Gasteiger partial charge is 0.121 e. The first-order chi connectivity index (χ1) is 19.5. The average molecular weight is 616 g/mol. The molecule has 0 aliphatic rings. The highest BCUT2D eigenvalue weighted by Crippen LogP contribution is 2.27. The molecular formula is C36H49Cl3Si. The summed E-state index contributed by atoms with van der Waals surface area (Å²) < 4.78 is 0. The van der Waals surface area contributed by atoms with Gasteiger partial charge in [-0.15, -0.1) is 33.2 Å². The maximum absolute atomic E-state index is 6.12. The van der Waals surface area contributed by atoms with E-state index in [4.69, 9.17) is 33.2 Å². The van der Waals surface area contributed by atoms with Gasteiger partial charge in [0, 0.05) is 0 Å². The van der Waals surface area contributed by atoms with Crippen molar-refractivity contribution < 1.29 is 0 Å². The van der Waals surface area contributed by atoms with Crippen molar-refractivity contribution in [1.29, 1.82) is 0 Å². The molecule has 4 heteroatoms. The van der Waals surface area contributed by atoms with Crippen LogP contribution in [0.25, 0.3) is 22.3 Å². The van der Waals surface area contributed by atoms with Crippen LogP contribution in [0.4, 0.5) is 0 Å². The highest BCUT2D eigenvalue weighted by atomic mass is 35.8.